The zero-order valence-electron chi connectivity index (χ0n) is 22.4. The number of hydrogen-bond donors (Lipinski definition) is 3. The molecule has 39 heavy (non-hydrogen) atoms. The highest BCUT2D eigenvalue weighted by atomic mass is 16.5. The lowest BCUT2D eigenvalue weighted by Crippen LogP contribution is -2.69. The Labute approximate surface area is 228 Å². The number of carbonyl (C=O) groups excluding carboxylic acids is 1. The second-order valence-electron chi connectivity index (χ2n) is 12.7. The molecule has 7 nitrogen and oxygen atoms in total. The number of para-hydroxylation sites is 2. The number of aromatic nitrogens is 1. The Bertz CT molecular complexity index is 1390. The van der Waals surface area contributed by atoms with Crippen molar-refractivity contribution < 1.29 is 19.4 Å². The fourth-order valence-electron chi connectivity index (χ4n) is 8.67. The maximum Gasteiger partial charge on any atom is 0.408 e. The fourth-order valence-corrected chi connectivity index (χ4v) is 8.67. The first-order valence-corrected chi connectivity index (χ1v) is 14.5. The van der Waals surface area contributed by atoms with Crippen LogP contribution in [0.5, 0.6) is 5.75 Å². The van der Waals surface area contributed by atoms with Gasteiger partial charge in [0.25, 0.3) is 0 Å². The van der Waals surface area contributed by atoms with Gasteiger partial charge in [-0.3, -0.25) is 9.69 Å². The molecule has 0 spiro atoms. The van der Waals surface area contributed by atoms with E-state index >= 15 is 0 Å². The number of H-pyrrole nitrogens is 1. The smallest absolute Gasteiger partial charge is 0.408 e. The van der Waals surface area contributed by atoms with Crippen LogP contribution < -0.4 is 10.1 Å². The summed E-state index contributed by atoms with van der Waals surface area (Å²) in [5.41, 5.74) is 1.74. The predicted octanol–water partition coefficient (Wildman–Crippen LogP) is 5.39. The summed E-state index contributed by atoms with van der Waals surface area (Å²) < 4.78 is 5.97. The van der Waals surface area contributed by atoms with Gasteiger partial charge in [0.15, 0.2) is 0 Å². The third-order valence-corrected chi connectivity index (χ3v) is 10.1. The molecule has 2 heterocycles. The molecule has 7 heteroatoms. The summed E-state index contributed by atoms with van der Waals surface area (Å²) in [5, 5.41) is 15.1. The molecule has 3 N–H and O–H groups in total. The van der Waals surface area contributed by atoms with Gasteiger partial charge in [0, 0.05) is 29.6 Å². The molecule has 2 unspecified atom stereocenters. The number of nitrogens with one attached hydrogen (secondary N) is 2. The Morgan fingerprint density at radius 2 is 1.72 bits per heavy atom. The standard InChI is InChI=1S/C32H37N3O4/c1-32(16-24-17-33-27-8-4-3-7-26(24)27,30(36)34-25-15-21-6-2-5-9-28(21)39-18-25)35(31(37)38)29-22-11-19-10-20(13-22)14-23(29)12-19/h2-9,17,19-20,22-23,25,29,33H,10-16,18H2,1H3,(H,34,36)(H,37,38). The summed E-state index contributed by atoms with van der Waals surface area (Å²) in [4.78, 5) is 32.6. The highest BCUT2D eigenvalue weighted by Crippen LogP contribution is 2.56. The number of rotatable bonds is 6. The minimum absolute atomic E-state index is 0.125. The van der Waals surface area contributed by atoms with Crippen molar-refractivity contribution in [2.75, 3.05) is 6.61 Å². The van der Waals surface area contributed by atoms with Crippen molar-refractivity contribution in [2.45, 2.75) is 69.5 Å². The molecular weight excluding hydrogens is 490 g/mol. The molecule has 0 radical (unpaired) electrons. The molecule has 4 aliphatic carbocycles. The maximum atomic E-state index is 14.4. The Hall–Kier alpha value is -3.48. The molecule has 5 aliphatic rings. The lowest BCUT2D eigenvalue weighted by atomic mass is 9.53. The first-order chi connectivity index (χ1) is 18.9. The minimum Gasteiger partial charge on any atom is -0.491 e. The lowest BCUT2D eigenvalue weighted by Gasteiger charge is -2.59. The second-order valence-corrected chi connectivity index (χ2v) is 12.7. The molecule has 4 saturated carbocycles. The van der Waals surface area contributed by atoms with E-state index in [9.17, 15) is 14.7 Å². The first-order valence-electron chi connectivity index (χ1n) is 14.5. The highest BCUT2D eigenvalue weighted by Gasteiger charge is 2.56. The van der Waals surface area contributed by atoms with Gasteiger partial charge in [-0.05, 0) is 92.4 Å². The number of carboxylic acid groups (broad SMARTS) is 1. The number of aromatic amines is 1. The Morgan fingerprint density at radius 3 is 2.46 bits per heavy atom. The van der Waals surface area contributed by atoms with E-state index in [-0.39, 0.29) is 18.0 Å². The summed E-state index contributed by atoms with van der Waals surface area (Å²) in [6.07, 6.45) is 7.54. The molecule has 1 aliphatic heterocycles. The van der Waals surface area contributed by atoms with Crippen molar-refractivity contribution in [1.82, 2.24) is 15.2 Å². The van der Waals surface area contributed by atoms with Gasteiger partial charge in [-0.1, -0.05) is 36.4 Å². The summed E-state index contributed by atoms with van der Waals surface area (Å²) in [6, 6.07) is 15.6. The van der Waals surface area contributed by atoms with Gasteiger partial charge >= 0.3 is 6.09 Å². The molecule has 2 aromatic carbocycles. The van der Waals surface area contributed by atoms with E-state index in [4.69, 9.17) is 4.74 Å². The molecule has 1 aromatic heterocycles. The molecule has 4 bridgehead atoms. The number of hydrogen-bond acceptors (Lipinski definition) is 3. The molecule has 2 atom stereocenters. The molecule has 0 saturated heterocycles. The van der Waals surface area contributed by atoms with Crippen molar-refractivity contribution in [3.05, 3.63) is 65.9 Å². The molecule has 2 amide bonds. The molecule has 8 rings (SSSR count). The van der Waals surface area contributed by atoms with E-state index in [2.05, 4.69) is 10.3 Å². The number of ether oxygens (including phenoxy) is 1. The first kappa shape index (κ1) is 24.6. The Kier molecular flexibility index (Phi) is 5.87. The summed E-state index contributed by atoms with van der Waals surface area (Å²) in [6.45, 7) is 2.22. The van der Waals surface area contributed by atoms with Gasteiger partial charge in [0.1, 0.15) is 17.9 Å². The van der Waals surface area contributed by atoms with E-state index in [0.29, 0.717) is 43.1 Å². The van der Waals surface area contributed by atoms with Gasteiger partial charge in [0.05, 0.1) is 6.04 Å². The van der Waals surface area contributed by atoms with Gasteiger partial charge in [0.2, 0.25) is 5.91 Å². The maximum absolute atomic E-state index is 14.4. The van der Waals surface area contributed by atoms with Gasteiger partial charge in [-0.25, -0.2) is 4.79 Å². The minimum atomic E-state index is -1.27. The average molecular weight is 528 g/mol. The normalized spacial score (nSPS) is 30.3. The molecule has 4 fully saturated rings. The Balaban J connectivity index is 1.25. The lowest BCUT2D eigenvalue weighted by molar-refractivity contribution is -0.141. The van der Waals surface area contributed by atoms with Crippen LogP contribution in [0.4, 0.5) is 4.79 Å². The van der Waals surface area contributed by atoms with Gasteiger partial charge < -0.3 is 20.1 Å². The van der Waals surface area contributed by atoms with Crippen molar-refractivity contribution in [3.63, 3.8) is 0 Å². The highest BCUT2D eigenvalue weighted by molar-refractivity contribution is 5.91. The van der Waals surface area contributed by atoms with E-state index in [1.54, 1.807) is 4.90 Å². The summed E-state index contributed by atoms with van der Waals surface area (Å²) >= 11 is 0. The van der Waals surface area contributed by atoms with E-state index in [1.807, 2.05) is 61.7 Å². The number of fused-ring (bicyclic) bond motifs is 2. The third-order valence-electron chi connectivity index (χ3n) is 10.1. The van der Waals surface area contributed by atoms with Crippen LogP contribution in [0.15, 0.2) is 54.7 Å². The number of carbonyl (C=O) groups is 2. The van der Waals surface area contributed by atoms with Crippen LogP contribution in [0.3, 0.4) is 0 Å². The molecular formula is C32H37N3O4. The van der Waals surface area contributed by atoms with Crippen molar-refractivity contribution in [3.8, 4) is 5.75 Å². The number of amides is 2. The largest absolute Gasteiger partial charge is 0.491 e. The Morgan fingerprint density at radius 1 is 1.03 bits per heavy atom. The number of nitrogens with zero attached hydrogens (tertiary/aromatic N) is 1. The van der Waals surface area contributed by atoms with Gasteiger partial charge in [-0.15, -0.1) is 0 Å². The third kappa shape index (κ3) is 4.17. The van der Waals surface area contributed by atoms with Crippen LogP contribution >= 0.6 is 0 Å². The van der Waals surface area contributed by atoms with Crippen LogP contribution in [0.25, 0.3) is 10.9 Å². The topological polar surface area (TPSA) is 94.7 Å². The van der Waals surface area contributed by atoms with Crippen molar-refractivity contribution >= 4 is 22.9 Å². The van der Waals surface area contributed by atoms with E-state index in [0.717, 1.165) is 53.5 Å². The van der Waals surface area contributed by atoms with Crippen LogP contribution in [-0.2, 0) is 17.6 Å². The van der Waals surface area contributed by atoms with Crippen molar-refractivity contribution in [2.24, 2.45) is 23.7 Å². The van der Waals surface area contributed by atoms with Crippen LogP contribution in [0.2, 0.25) is 0 Å². The zero-order valence-corrected chi connectivity index (χ0v) is 22.4. The van der Waals surface area contributed by atoms with E-state index in [1.165, 1.54) is 6.42 Å². The summed E-state index contributed by atoms with van der Waals surface area (Å²) in [5.74, 6) is 2.71. The predicted molar refractivity (Wildman–Crippen MR) is 149 cm³/mol. The fraction of sp³-hybridized carbons (Fsp3) is 0.500. The average Bonchev–Trinajstić information content (AvgIpc) is 3.32. The zero-order chi connectivity index (χ0) is 26.7. The summed E-state index contributed by atoms with van der Waals surface area (Å²) in [7, 11) is 0. The monoisotopic (exact) mass is 527 g/mol. The van der Waals surface area contributed by atoms with Gasteiger partial charge in [-0.2, -0.15) is 0 Å². The molecule has 204 valence electrons. The van der Waals surface area contributed by atoms with Crippen LogP contribution in [0, 0.1) is 23.7 Å². The SMILES string of the molecule is CC(Cc1c[nH]c2ccccc12)(C(=O)NC1COc2ccccc2C1)N(C(=O)O)C1C2CC3CC(C2)CC1C3. The number of benzene rings is 2. The van der Waals surface area contributed by atoms with Crippen LogP contribution in [-0.4, -0.2) is 51.2 Å². The second kappa shape index (κ2) is 9.32. The van der Waals surface area contributed by atoms with Crippen molar-refractivity contribution in [1.29, 1.82) is 0 Å². The quantitative estimate of drug-likeness (QED) is 0.400. The van der Waals surface area contributed by atoms with E-state index < -0.39 is 11.6 Å². The van der Waals surface area contributed by atoms with Crippen LogP contribution in [0.1, 0.15) is 50.2 Å². The molecule has 3 aromatic rings.